The molecule has 0 bridgehead atoms. The zero-order chi connectivity index (χ0) is 16.5. The predicted octanol–water partition coefficient (Wildman–Crippen LogP) is 5.51. The summed E-state index contributed by atoms with van der Waals surface area (Å²) in [5.74, 6) is 1.79. The number of aliphatic hydroxyl groups is 1. The molecule has 0 aromatic carbocycles. The minimum absolute atomic E-state index is 0.104. The van der Waals surface area contributed by atoms with Gasteiger partial charge in [0, 0.05) is 5.41 Å². The molecule has 0 spiro atoms. The van der Waals surface area contributed by atoms with Crippen molar-refractivity contribution in [1.82, 2.24) is 0 Å². The smallest absolute Gasteiger partial charge is 0.145 e. The zero-order valence-electron chi connectivity index (χ0n) is 15.3. The van der Waals surface area contributed by atoms with Crippen LogP contribution in [0.3, 0.4) is 0 Å². The zero-order valence-corrected chi connectivity index (χ0v) is 15.3. The van der Waals surface area contributed by atoms with E-state index in [-0.39, 0.29) is 16.7 Å². The number of aliphatic hydroxyl groups excluding tert-OH is 1. The Kier molecular flexibility index (Phi) is 3.69. The van der Waals surface area contributed by atoms with Crippen LogP contribution in [0.25, 0.3) is 0 Å². The van der Waals surface area contributed by atoms with Crippen LogP contribution in [0.2, 0.25) is 0 Å². The van der Waals surface area contributed by atoms with E-state index in [1.807, 2.05) is 0 Å². The maximum absolute atomic E-state index is 16.7. The number of halogens is 1. The van der Waals surface area contributed by atoms with Crippen molar-refractivity contribution in [2.75, 3.05) is 0 Å². The molecule has 1 N–H and O–H groups in total. The first-order chi connectivity index (χ1) is 10.9. The largest absolute Gasteiger partial charge is 0.390 e. The van der Waals surface area contributed by atoms with Crippen molar-refractivity contribution < 1.29 is 9.50 Å². The van der Waals surface area contributed by atoms with Gasteiger partial charge in [0.05, 0.1) is 6.10 Å². The molecular weight excluding hydrogens is 287 g/mol. The van der Waals surface area contributed by atoms with Gasteiger partial charge in [-0.1, -0.05) is 40.0 Å². The molecule has 23 heavy (non-hydrogen) atoms. The molecule has 0 saturated heterocycles. The number of hydrogen-bond donors (Lipinski definition) is 1. The van der Waals surface area contributed by atoms with E-state index in [1.165, 1.54) is 38.5 Å². The van der Waals surface area contributed by atoms with Gasteiger partial charge in [0.15, 0.2) is 0 Å². The molecule has 0 aromatic heterocycles. The van der Waals surface area contributed by atoms with Gasteiger partial charge in [0.1, 0.15) is 5.67 Å². The SMILES string of the molecule is CC[C@H]1CC[C@H]2[C@@H]3CCC4CCCC[C@]4(C)[C@@]3(F)[C@@H](O)C[C@]12C. The van der Waals surface area contributed by atoms with Crippen molar-refractivity contribution in [1.29, 1.82) is 0 Å². The summed E-state index contributed by atoms with van der Waals surface area (Å²) in [5.41, 5.74) is -1.44. The summed E-state index contributed by atoms with van der Waals surface area (Å²) in [6, 6.07) is 0. The molecule has 4 fully saturated rings. The summed E-state index contributed by atoms with van der Waals surface area (Å²) in [7, 11) is 0. The topological polar surface area (TPSA) is 20.2 Å². The normalized spacial score (nSPS) is 59.1. The van der Waals surface area contributed by atoms with E-state index in [9.17, 15) is 5.11 Å². The summed E-state index contributed by atoms with van der Waals surface area (Å²) in [6.45, 7) is 6.85. The van der Waals surface area contributed by atoms with E-state index in [2.05, 4.69) is 20.8 Å². The fourth-order valence-corrected chi connectivity index (χ4v) is 8.07. The van der Waals surface area contributed by atoms with Crippen molar-refractivity contribution in [2.24, 2.45) is 34.5 Å². The third-order valence-electron chi connectivity index (χ3n) is 9.34. The maximum Gasteiger partial charge on any atom is 0.145 e. The number of rotatable bonds is 1. The minimum atomic E-state index is -1.33. The van der Waals surface area contributed by atoms with Crippen LogP contribution in [0.5, 0.6) is 0 Å². The average molecular weight is 323 g/mol. The lowest BCUT2D eigenvalue weighted by atomic mass is 9.42. The van der Waals surface area contributed by atoms with Gasteiger partial charge in [0.25, 0.3) is 0 Å². The Morgan fingerprint density at radius 3 is 2.48 bits per heavy atom. The van der Waals surface area contributed by atoms with Gasteiger partial charge in [-0.3, -0.25) is 0 Å². The first-order valence-corrected chi connectivity index (χ1v) is 10.2. The molecule has 0 amide bonds. The maximum atomic E-state index is 16.7. The van der Waals surface area contributed by atoms with Crippen molar-refractivity contribution in [3.05, 3.63) is 0 Å². The molecule has 0 aliphatic heterocycles. The van der Waals surface area contributed by atoms with Gasteiger partial charge >= 0.3 is 0 Å². The molecular formula is C21H35FO. The van der Waals surface area contributed by atoms with Crippen LogP contribution in [-0.2, 0) is 0 Å². The first-order valence-electron chi connectivity index (χ1n) is 10.2. The molecule has 0 radical (unpaired) electrons. The molecule has 4 aliphatic carbocycles. The fourth-order valence-electron chi connectivity index (χ4n) is 8.07. The van der Waals surface area contributed by atoms with Crippen molar-refractivity contribution in [3.63, 3.8) is 0 Å². The predicted molar refractivity (Wildman–Crippen MR) is 91.9 cm³/mol. The van der Waals surface area contributed by atoms with Crippen molar-refractivity contribution in [2.45, 2.75) is 96.8 Å². The molecule has 0 heterocycles. The highest BCUT2D eigenvalue weighted by molar-refractivity contribution is 5.19. The van der Waals surface area contributed by atoms with E-state index in [4.69, 9.17) is 0 Å². The third kappa shape index (κ3) is 1.88. The van der Waals surface area contributed by atoms with Gasteiger partial charge in [-0.25, -0.2) is 4.39 Å². The Morgan fingerprint density at radius 1 is 1.00 bits per heavy atom. The highest BCUT2D eigenvalue weighted by atomic mass is 19.1. The quantitative estimate of drug-likeness (QED) is 0.675. The molecule has 2 heteroatoms. The van der Waals surface area contributed by atoms with E-state index in [0.717, 1.165) is 19.3 Å². The Balaban J connectivity index is 1.75. The molecule has 0 aromatic rings. The van der Waals surface area contributed by atoms with Crippen LogP contribution in [0.15, 0.2) is 0 Å². The second kappa shape index (κ2) is 5.19. The summed E-state index contributed by atoms with van der Waals surface area (Å²) in [6.07, 6.45) is 10.4. The van der Waals surface area contributed by atoms with E-state index < -0.39 is 11.8 Å². The average Bonchev–Trinajstić information content (AvgIpc) is 2.84. The van der Waals surface area contributed by atoms with Crippen molar-refractivity contribution in [3.8, 4) is 0 Å². The molecule has 8 atom stereocenters. The van der Waals surface area contributed by atoms with Crippen LogP contribution in [0.1, 0.15) is 85.0 Å². The first kappa shape index (κ1) is 16.4. The minimum Gasteiger partial charge on any atom is -0.390 e. The summed E-state index contributed by atoms with van der Waals surface area (Å²) < 4.78 is 16.7. The van der Waals surface area contributed by atoms with E-state index >= 15 is 4.39 Å². The standard InChI is InChI=1S/C21H35FO/c1-4-14-8-10-16-17-11-9-15-7-5-6-12-20(15,3)21(17,22)18(23)13-19(14,16)2/h14-18,23H,4-13H2,1-3H3/t14-,15?,16-,17-,18-,19+,20-,21-/m0/s1. The second-order valence-electron chi connectivity index (χ2n) is 9.83. The van der Waals surface area contributed by atoms with Gasteiger partial charge < -0.3 is 5.11 Å². The monoisotopic (exact) mass is 322 g/mol. The third-order valence-corrected chi connectivity index (χ3v) is 9.34. The Morgan fingerprint density at radius 2 is 1.74 bits per heavy atom. The Labute approximate surface area is 141 Å². The number of alkyl halides is 1. The fraction of sp³-hybridized carbons (Fsp3) is 1.00. The lowest BCUT2D eigenvalue weighted by molar-refractivity contribution is -0.244. The summed E-state index contributed by atoms with van der Waals surface area (Å²) in [5, 5.41) is 11.1. The van der Waals surface area contributed by atoms with Gasteiger partial charge in [-0.15, -0.1) is 0 Å². The number of fused-ring (bicyclic) bond motifs is 5. The molecule has 132 valence electrons. The van der Waals surface area contributed by atoms with E-state index in [1.54, 1.807) is 0 Å². The summed E-state index contributed by atoms with van der Waals surface area (Å²) >= 11 is 0. The van der Waals surface area contributed by atoms with Crippen LogP contribution >= 0.6 is 0 Å². The Bertz CT molecular complexity index is 478. The van der Waals surface area contributed by atoms with Gasteiger partial charge in [-0.2, -0.15) is 0 Å². The molecule has 4 saturated carbocycles. The highest BCUT2D eigenvalue weighted by Gasteiger charge is 2.70. The second-order valence-corrected chi connectivity index (χ2v) is 9.83. The lowest BCUT2D eigenvalue weighted by Crippen LogP contribution is -2.68. The van der Waals surface area contributed by atoms with Crippen LogP contribution in [0, 0.1) is 34.5 Å². The molecule has 1 nitrogen and oxygen atoms in total. The highest BCUT2D eigenvalue weighted by Crippen LogP contribution is 2.70. The number of hydrogen-bond acceptors (Lipinski definition) is 1. The molecule has 4 rings (SSSR count). The summed E-state index contributed by atoms with van der Waals surface area (Å²) in [4.78, 5) is 0. The van der Waals surface area contributed by atoms with Crippen LogP contribution in [0.4, 0.5) is 4.39 Å². The van der Waals surface area contributed by atoms with Crippen LogP contribution < -0.4 is 0 Å². The lowest BCUT2D eigenvalue weighted by Gasteiger charge is -2.65. The van der Waals surface area contributed by atoms with Crippen LogP contribution in [-0.4, -0.2) is 16.9 Å². The molecule has 4 aliphatic rings. The van der Waals surface area contributed by atoms with E-state index in [0.29, 0.717) is 24.2 Å². The van der Waals surface area contributed by atoms with Gasteiger partial charge in [-0.05, 0) is 74.0 Å². The van der Waals surface area contributed by atoms with Crippen molar-refractivity contribution >= 4 is 0 Å². The van der Waals surface area contributed by atoms with Gasteiger partial charge in [0.2, 0.25) is 0 Å². The molecule has 1 unspecified atom stereocenters. The Hall–Kier alpha value is -0.110.